The van der Waals surface area contributed by atoms with E-state index < -0.39 is 16.1 Å². The predicted molar refractivity (Wildman–Crippen MR) is 75.2 cm³/mol. The van der Waals surface area contributed by atoms with Gasteiger partial charge in [-0.25, -0.2) is 13.1 Å². The molecule has 3 N–H and O–H groups in total. The molecule has 0 saturated carbocycles. The fourth-order valence-electron chi connectivity index (χ4n) is 1.69. The van der Waals surface area contributed by atoms with E-state index in [1.807, 2.05) is 13.8 Å². The molecule has 0 bridgehead atoms. The summed E-state index contributed by atoms with van der Waals surface area (Å²) in [4.78, 5) is 11.9. The smallest absolute Gasteiger partial charge is 0.238 e. The van der Waals surface area contributed by atoms with Crippen LogP contribution in [0.2, 0.25) is 0 Å². The highest BCUT2D eigenvalue weighted by Crippen LogP contribution is 2.06. The molecule has 0 fully saturated rings. The quantitative estimate of drug-likeness (QED) is 0.503. The lowest BCUT2D eigenvalue weighted by Crippen LogP contribution is -2.47. The van der Waals surface area contributed by atoms with Crippen molar-refractivity contribution in [2.24, 2.45) is 5.92 Å². The summed E-state index contributed by atoms with van der Waals surface area (Å²) in [5, 5.41) is 11.3. The number of hydrogen-bond acceptors (Lipinski definition) is 4. The summed E-state index contributed by atoms with van der Waals surface area (Å²) in [5.74, 6) is -0.0671. The molecule has 0 aromatic carbocycles. The number of nitrogens with one attached hydrogen (secondary N) is 2. The third-order valence-electron chi connectivity index (χ3n) is 2.51. The van der Waals surface area contributed by atoms with Crippen molar-refractivity contribution in [3.8, 4) is 0 Å². The number of hydrogen-bond donors (Lipinski definition) is 3. The summed E-state index contributed by atoms with van der Waals surface area (Å²) in [6, 6.07) is -0.715. The van der Waals surface area contributed by atoms with Gasteiger partial charge in [0.15, 0.2) is 0 Å². The van der Waals surface area contributed by atoms with Crippen molar-refractivity contribution < 1.29 is 18.3 Å². The van der Waals surface area contributed by atoms with Crippen LogP contribution in [-0.2, 0) is 14.8 Å². The maximum atomic E-state index is 11.9. The summed E-state index contributed by atoms with van der Waals surface area (Å²) in [5.41, 5.74) is 0. The van der Waals surface area contributed by atoms with E-state index in [0.29, 0.717) is 19.4 Å². The molecule has 1 unspecified atom stereocenters. The van der Waals surface area contributed by atoms with Crippen molar-refractivity contribution >= 4 is 15.9 Å². The fourth-order valence-corrected chi connectivity index (χ4v) is 2.41. The molecule has 0 aromatic heterocycles. The molecule has 0 aliphatic carbocycles. The Labute approximate surface area is 116 Å². The minimum absolute atomic E-state index is 0.152. The number of aliphatic hydroxyl groups is 1. The maximum Gasteiger partial charge on any atom is 0.238 e. The van der Waals surface area contributed by atoms with Crippen molar-refractivity contribution in [1.29, 1.82) is 0 Å². The molecule has 0 radical (unpaired) electrons. The number of sulfonamides is 1. The lowest BCUT2D eigenvalue weighted by Gasteiger charge is -2.19. The van der Waals surface area contributed by atoms with Crippen LogP contribution in [0.4, 0.5) is 0 Å². The molecule has 0 saturated heterocycles. The van der Waals surface area contributed by atoms with Crippen molar-refractivity contribution in [3.63, 3.8) is 0 Å². The maximum absolute atomic E-state index is 11.9. The molecule has 6 nitrogen and oxygen atoms in total. The standard InChI is InChI=1S/C12H26N2O4S/c1-10(2)9-11(14-19(3,17)18)12(16)13-7-5-4-6-8-15/h10-11,14-15H,4-9H2,1-3H3,(H,13,16). The molecule has 0 aromatic rings. The monoisotopic (exact) mass is 294 g/mol. The summed E-state index contributed by atoms with van der Waals surface area (Å²) in [7, 11) is -3.40. The van der Waals surface area contributed by atoms with E-state index in [-0.39, 0.29) is 18.4 Å². The van der Waals surface area contributed by atoms with E-state index in [2.05, 4.69) is 10.0 Å². The van der Waals surface area contributed by atoms with Crippen LogP contribution in [0.1, 0.15) is 39.5 Å². The molecule has 7 heteroatoms. The minimum atomic E-state index is -3.40. The molecule has 0 heterocycles. The van der Waals surface area contributed by atoms with Crippen LogP contribution in [-0.4, -0.2) is 44.9 Å². The summed E-state index contributed by atoms with van der Waals surface area (Å²) in [6.45, 7) is 4.52. The lowest BCUT2D eigenvalue weighted by molar-refractivity contribution is -0.123. The van der Waals surface area contributed by atoms with E-state index in [9.17, 15) is 13.2 Å². The van der Waals surface area contributed by atoms with Crippen molar-refractivity contribution in [2.75, 3.05) is 19.4 Å². The van der Waals surface area contributed by atoms with Gasteiger partial charge in [-0.15, -0.1) is 0 Å². The van der Waals surface area contributed by atoms with Crippen molar-refractivity contribution in [2.45, 2.75) is 45.6 Å². The van der Waals surface area contributed by atoms with E-state index in [1.54, 1.807) is 0 Å². The third kappa shape index (κ3) is 10.9. The molecule has 0 aliphatic rings. The molecule has 19 heavy (non-hydrogen) atoms. The van der Waals surface area contributed by atoms with Crippen LogP contribution in [0.5, 0.6) is 0 Å². The first-order chi connectivity index (χ1) is 8.76. The molecule has 1 amide bonds. The summed E-state index contributed by atoms with van der Waals surface area (Å²) >= 11 is 0. The van der Waals surface area contributed by atoms with E-state index >= 15 is 0 Å². The van der Waals surface area contributed by atoms with Gasteiger partial charge < -0.3 is 10.4 Å². The highest BCUT2D eigenvalue weighted by atomic mass is 32.2. The van der Waals surface area contributed by atoms with Crippen LogP contribution in [0.15, 0.2) is 0 Å². The second kappa shape index (κ2) is 9.28. The molecule has 0 spiro atoms. The molecule has 0 rings (SSSR count). The Kier molecular flexibility index (Phi) is 8.95. The van der Waals surface area contributed by atoms with Crippen molar-refractivity contribution in [3.05, 3.63) is 0 Å². The Hall–Kier alpha value is -0.660. The van der Waals surface area contributed by atoms with Gasteiger partial charge in [-0.3, -0.25) is 4.79 Å². The number of rotatable bonds is 10. The van der Waals surface area contributed by atoms with Gasteiger partial charge in [0.1, 0.15) is 6.04 Å². The SMILES string of the molecule is CC(C)CC(NS(C)(=O)=O)C(=O)NCCCCCO. The zero-order valence-electron chi connectivity index (χ0n) is 12.0. The minimum Gasteiger partial charge on any atom is -0.396 e. The first kappa shape index (κ1) is 18.3. The Bertz CT molecular complexity index is 355. The van der Waals surface area contributed by atoms with Crippen LogP contribution in [0.3, 0.4) is 0 Å². The Morgan fingerprint density at radius 1 is 1.21 bits per heavy atom. The van der Waals surface area contributed by atoms with Gasteiger partial charge >= 0.3 is 0 Å². The first-order valence-electron chi connectivity index (χ1n) is 6.62. The van der Waals surface area contributed by atoms with Gasteiger partial charge in [0.25, 0.3) is 0 Å². The second-order valence-corrected chi connectivity index (χ2v) is 6.93. The number of carbonyl (C=O) groups is 1. The topological polar surface area (TPSA) is 95.5 Å². The van der Waals surface area contributed by atoms with E-state index in [0.717, 1.165) is 19.1 Å². The van der Waals surface area contributed by atoms with E-state index in [1.165, 1.54) is 0 Å². The number of amides is 1. The Balaban J connectivity index is 4.23. The van der Waals surface area contributed by atoms with Crippen LogP contribution in [0.25, 0.3) is 0 Å². The molecule has 1 atom stereocenters. The van der Waals surface area contributed by atoms with Crippen LogP contribution in [0, 0.1) is 5.92 Å². The predicted octanol–water partition coefficient (Wildman–Crippen LogP) is 0.229. The van der Waals surface area contributed by atoms with Gasteiger partial charge in [0.05, 0.1) is 6.26 Å². The molecule has 114 valence electrons. The number of aliphatic hydroxyl groups excluding tert-OH is 1. The van der Waals surface area contributed by atoms with Crippen molar-refractivity contribution in [1.82, 2.24) is 10.0 Å². The molecular weight excluding hydrogens is 268 g/mol. The zero-order chi connectivity index (χ0) is 14.9. The lowest BCUT2D eigenvalue weighted by atomic mass is 10.0. The van der Waals surface area contributed by atoms with E-state index in [4.69, 9.17) is 5.11 Å². The van der Waals surface area contributed by atoms with Gasteiger partial charge in [-0.05, 0) is 31.6 Å². The Morgan fingerprint density at radius 2 is 1.84 bits per heavy atom. The fraction of sp³-hybridized carbons (Fsp3) is 0.917. The largest absolute Gasteiger partial charge is 0.396 e. The van der Waals surface area contributed by atoms with Gasteiger partial charge in [-0.1, -0.05) is 13.8 Å². The average Bonchev–Trinajstić information content (AvgIpc) is 2.25. The zero-order valence-corrected chi connectivity index (χ0v) is 12.8. The van der Waals surface area contributed by atoms with Gasteiger partial charge in [-0.2, -0.15) is 0 Å². The normalized spacial score (nSPS) is 13.5. The third-order valence-corrected chi connectivity index (χ3v) is 3.23. The summed E-state index contributed by atoms with van der Waals surface area (Å²) < 4.78 is 24.8. The van der Waals surface area contributed by atoms with Gasteiger partial charge in [0, 0.05) is 13.2 Å². The van der Waals surface area contributed by atoms with Gasteiger partial charge in [0.2, 0.25) is 15.9 Å². The second-order valence-electron chi connectivity index (χ2n) is 5.15. The average molecular weight is 294 g/mol. The first-order valence-corrected chi connectivity index (χ1v) is 8.51. The highest BCUT2D eigenvalue weighted by Gasteiger charge is 2.22. The Morgan fingerprint density at radius 3 is 2.32 bits per heavy atom. The number of unbranched alkanes of at least 4 members (excludes halogenated alkanes) is 2. The number of carbonyl (C=O) groups excluding carboxylic acids is 1. The van der Waals surface area contributed by atoms with Crippen LogP contribution < -0.4 is 10.0 Å². The molecular formula is C12H26N2O4S. The molecule has 0 aliphatic heterocycles. The summed E-state index contributed by atoms with van der Waals surface area (Å²) in [6.07, 6.45) is 3.85. The van der Waals surface area contributed by atoms with Crippen LogP contribution >= 0.6 is 0 Å². The highest BCUT2D eigenvalue weighted by molar-refractivity contribution is 7.88.